The molecule has 0 unspecified atom stereocenters. The van der Waals surface area contributed by atoms with Gasteiger partial charge in [-0.1, -0.05) is 55.5 Å². The van der Waals surface area contributed by atoms with E-state index in [1.165, 1.54) is 0 Å². The summed E-state index contributed by atoms with van der Waals surface area (Å²) in [6.07, 6.45) is 4.06. The molecule has 0 aliphatic carbocycles. The highest BCUT2D eigenvalue weighted by atomic mass is 16.4. The van der Waals surface area contributed by atoms with Crippen molar-refractivity contribution in [3.8, 4) is 11.1 Å². The van der Waals surface area contributed by atoms with E-state index in [4.69, 9.17) is 0 Å². The number of aromatic nitrogens is 2. The van der Waals surface area contributed by atoms with Crippen LogP contribution >= 0.6 is 0 Å². The van der Waals surface area contributed by atoms with Gasteiger partial charge in [0.25, 0.3) is 5.56 Å². The molecule has 0 saturated heterocycles. The molecule has 4 rings (SSSR count). The van der Waals surface area contributed by atoms with Crippen LogP contribution in [0.1, 0.15) is 46.9 Å². The number of aromatic carboxylic acids is 1. The van der Waals surface area contributed by atoms with Crippen molar-refractivity contribution in [2.45, 2.75) is 33.1 Å². The zero-order valence-corrected chi connectivity index (χ0v) is 16.5. The topological polar surface area (TPSA) is 72.2 Å². The van der Waals surface area contributed by atoms with Gasteiger partial charge in [0.15, 0.2) is 0 Å². The van der Waals surface area contributed by atoms with Gasteiger partial charge in [0, 0.05) is 29.8 Å². The van der Waals surface area contributed by atoms with Crippen LogP contribution in [0, 0.1) is 0 Å². The van der Waals surface area contributed by atoms with Crippen molar-refractivity contribution in [1.82, 2.24) is 9.55 Å². The SMILES string of the molecule is CCc1c(Cc2ccc(-c3ccccc3C(=O)O)cc2)c(=O)nc2n1C(C)=CC2. The Labute approximate surface area is 169 Å². The van der Waals surface area contributed by atoms with Gasteiger partial charge in [0.2, 0.25) is 0 Å². The molecule has 0 fully saturated rings. The minimum Gasteiger partial charge on any atom is -0.478 e. The molecule has 1 aliphatic heterocycles. The molecule has 3 aromatic rings. The summed E-state index contributed by atoms with van der Waals surface area (Å²) in [5.41, 5.74) is 5.50. The Balaban J connectivity index is 1.69. The number of carboxylic acid groups (broad SMARTS) is 1. The van der Waals surface area contributed by atoms with Crippen LogP contribution in [0.4, 0.5) is 0 Å². The van der Waals surface area contributed by atoms with Crippen LogP contribution in [-0.2, 0) is 19.3 Å². The zero-order valence-electron chi connectivity index (χ0n) is 16.5. The van der Waals surface area contributed by atoms with Crippen LogP contribution in [0.5, 0.6) is 0 Å². The maximum absolute atomic E-state index is 12.7. The average molecular weight is 386 g/mol. The van der Waals surface area contributed by atoms with E-state index >= 15 is 0 Å². The van der Waals surface area contributed by atoms with Crippen molar-refractivity contribution in [3.05, 3.63) is 93.2 Å². The van der Waals surface area contributed by atoms with Crippen LogP contribution in [0.3, 0.4) is 0 Å². The van der Waals surface area contributed by atoms with E-state index in [-0.39, 0.29) is 11.1 Å². The number of fused-ring (bicyclic) bond motifs is 1. The summed E-state index contributed by atoms with van der Waals surface area (Å²) in [5.74, 6) is -0.133. The largest absolute Gasteiger partial charge is 0.478 e. The molecule has 2 aromatic carbocycles. The maximum Gasteiger partial charge on any atom is 0.336 e. The predicted molar refractivity (Wildman–Crippen MR) is 113 cm³/mol. The zero-order chi connectivity index (χ0) is 20.5. The lowest BCUT2D eigenvalue weighted by Gasteiger charge is -2.16. The Morgan fingerprint density at radius 2 is 1.86 bits per heavy atom. The Hall–Kier alpha value is -3.47. The van der Waals surface area contributed by atoms with Gasteiger partial charge in [-0.2, -0.15) is 4.98 Å². The molecule has 0 radical (unpaired) electrons. The number of benzene rings is 2. The van der Waals surface area contributed by atoms with Crippen LogP contribution in [0.2, 0.25) is 0 Å². The fraction of sp³-hybridized carbons (Fsp3) is 0.208. The second-order valence-electron chi connectivity index (χ2n) is 7.22. The van der Waals surface area contributed by atoms with Crippen LogP contribution < -0.4 is 5.56 Å². The number of allylic oxidation sites excluding steroid dienone is 2. The summed E-state index contributed by atoms with van der Waals surface area (Å²) in [7, 11) is 0. The first-order valence-corrected chi connectivity index (χ1v) is 9.72. The summed E-state index contributed by atoms with van der Waals surface area (Å²) >= 11 is 0. The highest BCUT2D eigenvalue weighted by Gasteiger charge is 2.20. The van der Waals surface area contributed by atoms with E-state index in [9.17, 15) is 14.7 Å². The van der Waals surface area contributed by atoms with Gasteiger partial charge in [-0.05, 0) is 36.1 Å². The maximum atomic E-state index is 12.7. The molecule has 146 valence electrons. The Morgan fingerprint density at radius 3 is 2.55 bits per heavy atom. The Morgan fingerprint density at radius 1 is 1.14 bits per heavy atom. The minimum atomic E-state index is -0.946. The normalized spacial score (nSPS) is 12.6. The number of carbonyl (C=O) groups is 1. The van der Waals surface area contributed by atoms with E-state index in [0.717, 1.165) is 40.3 Å². The van der Waals surface area contributed by atoms with Gasteiger partial charge in [0.1, 0.15) is 5.82 Å². The van der Waals surface area contributed by atoms with Gasteiger partial charge in [-0.25, -0.2) is 4.79 Å². The minimum absolute atomic E-state index is 0.156. The molecule has 2 heterocycles. The summed E-state index contributed by atoms with van der Waals surface area (Å²) in [6.45, 7) is 4.10. The van der Waals surface area contributed by atoms with Crippen molar-refractivity contribution in [3.63, 3.8) is 0 Å². The number of hydrogen-bond donors (Lipinski definition) is 1. The number of hydrogen-bond acceptors (Lipinski definition) is 3. The predicted octanol–water partition coefficient (Wildman–Crippen LogP) is 4.18. The van der Waals surface area contributed by atoms with Gasteiger partial charge in [0.05, 0.1) is 5.56 Å². The highest BCUT2D eigenvalue weighted by molar-refractivity contribution is 5.96. The molecular weight excluding hydrogens is 364 g/mol. The van der Waals surface area contributed by atoms with Crippen LogP contribution in [0.25, 0.3) is 16.8 Å². The smallest absolute Gasteiger partial charge is 0.336 e. The van der Waals surface area contributed by atoms with Crippen molar-refractivity contribution < 1.29 is 9.90 Å². The fourth-order valence-electron chi connectivity index (χ4n) is 4.01. The number of nitrogens with zero attached hydrogens (tertiary/aromatic N) is 2. The summed E-state index contributed by atoms with van der Waals surface area (Å²) in [5, 5.41) is 9.41. The van der Waals surface area contributed by atoms with Gasteiger partial charge < -0.3 is 9.67 Å². The van der Waals surface area contributed by atoms with E-state index in [1.54, 1.807) is 18.2 Å². The number of carboxylic acids is 1. The lowest BCUT2D eigenvalue weighted by atomic mass is 9.96. The first-order valence-electron chi connectivity index (χ1n) is 9.72. The summed E-state index contributed by atoms with van der Waals surface area (Å²) in [6, 6.07) is 14.7. The third kappa shape index (κ3) is 3.40. The number of rotatable bonds is 5. The van der Waals surface area contributed by atoms with Gasteiger partial charge in [-0.3, -0.25) is 4.79 Å². The lowest BCUT2D eigenvalue weighted by molar-refractivity contribution is 0.0697. The first kappa shape index (κ1) is 18.9. The molecule has 0 spiro atoms. The molecular formula is C24H22N2O3. The second-order valence-corrected chi connectivity index (χ2v) is 7.22. The van der Waals surface area contributed by atoms with Crippen molar-refractivity contribution >= 4 is 11.7 Å². The van der Waals surface area contributed by atoms with Crippen molar-refractivity contribution in [2.24, 2.45) is 0 Å². The van der Waals surface area contributed by atoms with Gasteiger partial charge in [-0.15, -0.1) is 0 Å². The Bertz CT molecular complexity index is 1190. The third-order valence-electron chi connectivity index (χ3n) is 5.44. The highest BCUT2D eigenvalue weighted by Crippen LogP contribution is 2.26. The molecule has 5 nitrogen and oxygen atoms in total. The monoisotopic (exact) mass is 386 g/mol. The molecule has 1 aromatic heterocycles. The summed E-state index contributed by atoms with van der Waals surface area (Å²) in [4.78, 5) is 28.4. The molecule has 0 bridgehead atoms. The molecule has 0 saturated carbocycles. The molecule has 5 heteroatoms. The first-order chi connectivity index (χ1) is 14.0. The average Bonchev–Trinajstić information content (AvgIpc) is 3.09. The van der Waals surface area contributed by atoms with Crippen LogP contribution in [-0.4, -0.2) is 20.6 Å². The second kappa shape index (κ2) is 7.51. The molecule has 29 heavy (non-hydrogen) atoms. The lowest BCUT2D eigenvalue weighted by Crippen LogP contribution is -2.23. The van der Waals surface area contributed by atoms with E-state index in [0.29, 0.717) is 18.4 Å². The summed E-state index contributed by atoms with van der Waals surface area (Å²) < 4.78 is 2.11. The standard InChI is InChI=1S/C24H22N2O3/c1-3-21-20(23(27)25-22-13-8-15(2)26(21)22)14-16-9-11-17(12-10-16)18-6-4-5-7-19(18)24(28)29/h4-12H,3,13-14H2,1-2H3,(H,28,29). The van der Waals surface area contributed by atoms with Crippen molar-refractivity contribution in [2.75, 3.05) is 0 Å². The Kier molecular flexibility index (Phi) is 4.89. The molecule has 1 N–H and O–H groups in total. The molecule has 0 atom stereocenters. The van der Waals surface area contributed by atoms with E-state index in [2.05, 4.69) is 22.6 Å². The molecule has 1 aliphatic rings. The third-order valence-corrected chi connectivity index (χ3v) is 5.44. The van der Waals surface area contributed by atoms with Crippen molar-refractivity contribution in [1.29, 1.82) is 0 Å². The quantitative estimate of drug-likeness (QED) is 0.714. The fourth-order valence-corrected chi connectivity index (χ4v) is 4.01. The van der Waals surface area contributed by atoms with Crippen LogP contribution in [0.15, 0.2) is 59.4 Å². The van der Waals surface area contributed by atoms with E-state index < -0.39 is 5.97 Å². The van der Waals surface area contributed by atoms with E-state index in [1.807, 2.05) is 37.3 Å². The molecule has 0 amide bonds. The van der Waals surface area contributed by atoms with Gasteiger partial charge >= 0.3 is 5.97 Å².